The SMILES string of the molecule is N#Cc1ccc(-c2ccc(C(F)(F)F)c(Cl)c2)c(F)c1. The highest BCUT2D eigenvalue weighted by molar-refractivity contribution is 6.31. The molecule has 0 heterocycles. The van der Waals surface area contributed by atoms with Crippen molar-refractivity contribution in [3.05, 3.63) is 58.4 Å². The van der Waals surface area contributed by atoms with Crippen LogP contribution in [-0.4, -0.2) is 0 Å². The van der Waals surface area contributed by atoms with Crippen molar-refractivity contribution in [1.82, 2.24) is 0 Å². The van der Waals surface area contributed by atoms with E-state index in [1.54, 1.807) is 6.07 Å². The topological polar surface area (TPSA) is 23.8 Å². The molecule has 1 nitrogen and oxygen atoms in total. The van der Waals surface area contributed by atoms with Crippen molar-refractivity contribution < 1.29 is 17.6 Å². The molecule has 2 aromatic carbocycles. The maximum Gasteiger partial charge on any atom is 0.417 e. The summed E-state index contributed by atoms with van der Waals surface area (Å²) >= 11 is 5.58. The number of hydrogen-bond donors (Lipinski definition) is 0. The Hall–Kier alpha value is -2.06. The average molecular weight is 300 g/mol. The second-order valence-electron chi connectivity index (χ2n) is 4.00. The summed E-state index contributed by atoms with van der Waals surface area (Å²) < 4.78 is 51.5. The Morgan fingerprint density at radius 3 is 2.25 bits per heavy atom. The van der Waals surface area contributed by atoms with Crippen molar-refractivity contribution in [1.29, 1.82) is 5.26 Å². The molecule has 0 aliphatic rings. The maximum atomic E-state index is 13.8. The molecule has 0 atom stereocenters. The van der Waals surface area contributed by atoms with E-state index >= 15 is 0 Å². The van der Waals surface area contributed by atoms with Crippen LogP contribution in [0, 0.1) is 17.1 Å². The highest BCUT2D eigenvalue weighted by Crippen LogP contribution is 2.37. The second-order valence-corrected chi connectivity index (χ2v) is 4.41. The molecule has 0 saturated carbocycles. The molecule has 0 aromatic heterocycles. The third kappa shape index (κ3) is 2.75. The molecule has 0 amide bonds. The van der Waals surface area contributed by atoms with E-state index in [9.17, 15) is 17.6 Å². The Labute approximate surface area is 117 Å². The predicted molar refractivity (Wildman–Crippen MR) is 66.6 cm³/mol. The van der Waals surface area contributed by atoms with E-state index in [4.69, 9.17) is 16.9 Å². The van der Waals surface area contributed by atoms with Crippen molar-refractivity contribution in [2.75, 3.05) is 0 Å². The van der Waals surface area contributed by atoms with Gasteiger partial charge >= 0.3 is 6.18 Å². The fourth-order valence-electron chi connectivity index (χ4n) is 1.73. The Balaban J connectivity index is 2.50. The van der Waals surface area contributed by atoms with E-state index in [1.165, 1.54) is 12.1 Å². The quantitative estimate of drug-likeness (QED) is 0.677. The maximum absolute atomic E-state index is 13.8. The normalized spacial score (nSPS) is 11.2. The molecule has 2 rings (SSSR count). The summed E-state index contributed by atoms with van der Waals surface area (Å²) in [6.07, 6.45) is -4.56. The minimum atomic E-state index is -4.56. The van der Waals surface area contributed by atoms with E-state index in [0.29, 0.717) is 0 Å². The second kappa shape index (κ2) is 5.14. The zero-order valence-electron chi connectivity index (χ0n) is 9.80. The molecule has 0 N–H and O–H groups in total. The van der Waals surface area contributed by atoms with Crippen LogP contribution in [0.3, 0.4) is 0 Å². The Kier molecular flexibility index (Phi) is 3.69. The zero-order chi connectivity index (χ0) is 14.9. The van der Waals surface area contributed by atoms with Crippen LogP contribution >= 0.6 is 11.6 Å². The summed E-state index contributed by atoms with van der Waals surface area (Å²) in [5.74, 6) is -0.695. The molecule has 20 heavy (non-hydrogen) atoms. The van der Waals surface area contributed by atoms with Gasteiger partial charge < -0.3 is 0 Å². The van der Waals surface area contributed by atoms with Gasteiger partial charge in [-0.15, -0.1) is 0 Å². The van der Waals surface area contributed by atoms with Crippen LogP contribution in [0.5, 0.6) is 0 Å². The summed E-state index contributed by atoms with van der Waals surface area (Å²) in [6.45, 7) is 0. The number of rotatable bonds is 1. The standard InChI is InChI=1S/C14H6ClF4N/c15-12-6-9(2-4-11(12)14(17,18)19)10-3-1-8(7-20)5-13(10)16/h1-6H. The van der Waals surface area contributed by atoms with Gasteiger partial charge in [-0.1, -0.05) is 23.7 Å². The number of benzene rings is 2. The first kappa shape index (κ1) is 14.4. The van der Waals surface area contributed by atoms with Gasteiger partial charge in [-0.2, -0.15) is 18.4 Å². The lowest BCUT2D eigenvalue weighted by atomic mass is 10.0. The van der Waals surface area contributed by atoms with Crippen molar-refractivity contribution in [2.45, 2.75) is 6.18 Å². The van der Waals surface area contributed by atoms with E-state index in [1.807, 2.05) is 0 Å². The van der Waals surface area contributed by atoms with E-state index < -0.39 is 22.6 Å². The van der Waals surface area contributed by atoms with Crippen LogP contribution < -0.4 is 0 Å². The number of nitriles is 1. The minimum absolute atomic E-state index is 0.0830. The summed E-state index contributed by atoms with van der Waals surface area (Å²) in [4.78, 5) is 0. The highest BCUT2D eigenvalue weighted by atomic mass is 35.5. The molecule has 0 aliphatic carbocycles. The van der Waals surface area contributed by atoms with Crippen LogP contribution in [0.25, 0.3) is 11.1 Å². The van der Waals surface area contributed by atoms with E-state index in [2.05, 4.69) is 0 Å². The molecular formula is C14H6ClF4N. The lowest BCUT2D eigenvalue weighted by Gasteiger charge is -2.11. The van der Waals surface area contributed by atoms with Crippen LogP contribution in [0.1, 0.15) is 11.1 Å². The molecule has 0 fully saturated rings. The fourth-order valence-corrected chi connectivity index (χ4v) is 2.02. The van der Waals surface area contributed by atoms with Crippen LogP contribution in [0.4, 0.5) is 17.6 Å². The lowest BCUT2D eigenvalue weighted by Crippen LogP contribution is -2.05. The fraction of sp³-hybridized carbons (Fsp3) is 0.0714. The van der Waals surface area contributed by atoms with Gasteiger partial charge in [-0.3, -0.25) is 0 Å². The monoisotopic (exact) mass is 299 g/mol. The predicted octanol–water partition coefficient (Wildman–Crippen LogP) is 5.04. The summed E-state index contributed by atoms with van der Waals surface area (Å²) in [5.41, 5.74) is -0.550. The minimum Gasteiger partial charge on any atom is -0.206 e. The number of halogens is 5. The van der Waals surface area contributed by atoms with Crippen molar-refractivity contribution in [3.8, 4) is 17.2 Å². The van der Waals surface area contributed by atoms with Gasteiger partial charge in [-0.25, -0.2) is 4.39 Å². The molecule has 0 radical (unpaired) electrons. The van der Waals surface area contributed by atoms with Gasteiger partial charge in [0.15, 0.2) is 0 Å². The Morgan fingerprint density at radius 2 is 1.75 bits per heavy atom. The smallest absolute Gasteiger partial charge is 0.206 e. The highest BCUT2D eigenvalue weighted by Gasteiger charge is 2.33. The van der Waals surface area contributed by atoms with E-state index in [-0.39, 0.29) is 16.7 Å². The molecule has 0 spiro atoms. The van der Waals surface area contributed by atoms with Crippen LogP contribution in [0.15, 0.2) is 36.4 Å². The zero-order valence-corrected chi connectivity index (χ0v) is 10.6. The van der Waals surface area contributed by atoms with Crippen molar-refractivity contribution >= 4 is 11.6 Å². The Morgan fingerprint density at radius 1 is 1.05 bits per heavy atom. The first-order chi connectivity index (χ1) is 9.32. The van der Waals surface area contributed by atoms with Gasteiger partial charge in [0.25, 0.3) is 0 Å². The molecule has 0 saturated heterocycles. The largest absolute Gasteiger partial charge is 0.417 e. The molecular weight excluding hydrogens is 294 g/mol. The van der Waals surface area contributed by atoms with Gasteiger partial charge in [0.05, 0.1) is 22.2 Å². The molecule has 0 unspecified atom stereocenters. The van der Waals surface area contributed by atoms with Crippen molar-refractivity contribution in [3.63, 3.8) is 0 Å². The van der Waals surface area contributed by atoms with Crippen LogP contribution in [-0.2, 0) is 6.18 Å². The lowest BCUT2D eigenvalue weighted by molar-refractivity contribution is -0.137. The summed E-state index contributed by atoms with van der Waals surface area (Å²) in [5, 5.41) is 8.13. The Bertz CT molecular complexity index is 701. The van der Waals surface area contributed by atoms with Gasteiger partial charge in [0.1, 0.15) is 5.82 Å². The summed E-state index contributed by atoms with van der Waals surface area (Å²) in [6, 6.07) is 8.48. The third-order valence-electron chi connectivity index (χ3n) is 2.68. The third-order valence-corrected chi connectivity index (χ3v) is 3.00. The molecule has 6 heteroatoms. The van der Waals surface area contributed by atoms with Gasteiger partial charge in [0.2, 0.25) is 0 Å². The number of nitrogens with zero attached hydrogens (tertiary/aromatic N) is 1. The number of hydrogen-bond acceptors (Lipinski definition) is 1. The number of alkyl halides is 3. The average Bonchev–Trinajstić information content (AvgIpc) is 2.36. The molecule has 102 valence electrons. The van der Waals surface area contributed by atoms with Crippen molar-refractivity contribution in [2.24, 2.45) is 0 Å². The first-order valence-electron chi connectivity index (χ1n) is 5.39. The van der Waals surface area contributed by atoms with Gasteiger partial charge in [-0.05, 0) is 29.8 Å². The first-order valence-corrected chi connectivity index (χ1v) is 5.77. The van der Waals surface area contributed by atoms with Crippen LogP contribution in [0.2, 0.25) is 5.02 Å². The van der Waals surface area contributed by atoms with Gasteiger partial charge in [0, 0.05) is 5.56 Å². The molecule has 0 aliphatic heterocycles. The molecule has 2 aromatic rings. The van der Waals surface area contributed by atoms with E-state index in [0.717, 1.165) is 24.3 Å². The molecule has 0 bridgehead atoms. The summed E-state index contributed by atoms with van der Waals surface area (Å²) in [7, 11) is 0.